The lowest BCUT2D eigenvalue weighted by Gasteiger charge is -2.35. The minimum absolute atomic E-state index is 0.244. The average Bonchev–Trinajstić information content (AvgIpc) is 2.30. The molecule has 0 aromatic rings. The number of hydrogen-bond donors (Lipinski definition) is 1. The Bertz CT molecular complexity index is 187. The molecular formula is C13H28N2. The van der Waals surface area contributed by atoms with Gasteiger partial charge in [0.2, 0.25) is 0 Å². The molecule has 1 fully saturated rings. The zero-order chi connectivity index (χ0) is 11.5. The second kappa shape index (κ2) is 5.31. The van der Waals surface area contributed by atoms with Crippen molar-refractivity contribution in [2.75, 3.05) is 19.6 Å². The summed E-state index contributed by atoms with van der Waals surface area (Å²) in [5.41, 5.74) is 6.27. The first-order chi connectivity index (χ1) is 6.92. The third-order valence-corrected chi connectivity index (χ3v) is 3.97. The maximum atomic E-state index is 6.03. The van der Waals surface area contributed by atoms with E-state index in [1.165, 1.54) is 32.4 Å². The molecule has 1 saturated heterocycles. The van der Waals surface area contributed by atoms with E-state index < -0.39 is 0 Å². The normalized spacial score (nSPS) is 27.4. The molecule has 15 heavy (non-hydrogen) atoms. The lowest BCUT2D eigenvalue weighted by atomic mass is 9.85. The number of hydrogen-bond acceptors (Lipinski definition) is 2. The Labute approximate surface area is 95.2 Å². The topological polar surface area (TPSA) is 29.3 Å². The van der Waals surface area contributed by atoms with Crippen LogP contribution in [-0.4, -0.2) is 30.6 Å². The summed E-state index contributed by atoms with van der Waals surface area (Å²) in [7, 11) is 0. The highest BCUT2D eigenvalue weighted by Gasteiger charge is 2.26. The molecule has 0 aromatic heterocycles. The van der Waals surface area contributed by atoms with Crippen molar-refractivity contribution < 1.29 is 0 Å². The van der Waals surface area contributed by atoms with Gasteiger partial charge in [-0.2, -0.15) is 0 Å². The third kappa shape index (κ3) is 4.12. The standard InChI is InChI=1S/C13H28N2/c1-11-6-5-8-15(9-7-11)10-13(3,4)12(2)14/h11-12H,5-10,14H2,1-4H3. The van der Waals surface area contributed by atoms with Gasteiger partial charge in [0.05, 0.1) is 0 Å². The van der Waals surface area contributed by atoms with Gasteiger partial charge in [-0.1, -0.05) is 20.8 Å². The van der Waals surface area contributed by atoms with E-state index in [-0.39, 0.29) is 11.5 Å². The Morgan fingerprint density at radius 1 is 1.33 bits per heavy atom. The van der Waals surface area contributed by atoms with Gasteiger partial charge in [-0.3, -0.25) is 0 Å². The van der Waals surface area contributed by atoms with Gasteiger partial charge in [-0.25, -0.2) is 0 Å². The van der Waals surface area contributed by atoms with Gasteiger partial charge in [-0.15, -0.1) is 0 Å². The van der Waals surface area contributed by atoms with Gasteiger partial charge in [-0.05, 0) is 50.6 Å². The van der Waals surface area contributed by atoms with Crippen molar-refractivity contribution in [3.63, 3.8) is 0 Å². The average molecular weight is 212 g/mol. The maximum absolute atomic E-state index is 6.03. The van der Waals surface area contributed by atoms with Crippen LogP contribution in [0.3, 0.4) is 0 Å². The van der Waals surface area contributed by atoms with Crippen molar-refractivity contribution in [3.05, 3.63) is 0 Å². The molecule has 1 aliphatic rings. The van der Waals surface area contributed by atoms with Crippen LogP contribution in [0.25, 0.3) is 0 Å². The Kier molecular flexibility index (Phi) is 4.60. The van der Waals surface area contributed by atoms with Crippen molar-refractivity contribution in [1.82, 2.24) is 4.90 Å². The first kappa shape index (κ1) is 13.0. The molecule has 0 amide bonds. The van der Waals surface area contributed by atoms with Crippen molar-refractivity contribution in [2.45, 2.75) is 53.0 Å². The molecule has 2 heteroatoms. The molecule has 2 nitrogen and oxygen atoms in total. The lowest BCUT2D eigenvalue weighted by molar-refractivity contribution is 0.160. The van der Waals surface area contributed by atoms with E-state index in [1.54, 1.807) is 0 Å². The van der Waals surface area contributed by atoms with Gasteiger partial charge in [0, 0.05) is 12.6 Å². The van der Waals surface area contributed by atoms with Gasteiger partial charge < -0.3 is 10.6 Å². The van der Waals surface area contributed by atoms with Gasteiger partial charge in [0.1, 0.15) is 0 Å². The van der Waals surface area contributed by atoms with Gasteiger partial charge in [0.25, 0.3) is 0 Å². The minimum Gasteiger partial charge on any atom is -0.327 e. The zero-order valence-electron chi connectivity index (χ0n) is 10.9. The molecule has 0 radical (unpaired) electrons. The van der Waals surface area contributed by atoms with Crippen LogP contribution >= 0.6 is 0 Å². The van der Waals surface area contributed by atoms with Crippen LogP contribution < -0.4 is 5.73 Å². The zero-order valence-corrected chi connectivity index (χ0v) is 10.9. The Balaban J connectivity index is 2.44. The van der Waals surface area contributed by atoms with Crippen molar-refractivity contribution >= 4 is 0 Å². The molecule has 2 N–H and O–H groups in total. The van der Waals surface area contributed by atoms with E-state index in [4.69, 9.17) is 5.73 Å². The summed E-state index contributed by atoms with van der Waals surface area (Å²) in [4.78, 5) is 2.60. The van der Waals surface area contributed by atoms with Crippen LogP contribution in [0.15, 0.2) is 0 Å². The quantitative estimate of drug-likeness (QED) is 0.779. The van der Waals surface area contributed by atoms with Crippen LogP contribution in [0.1, 0.15) is 47.0 Å². The molecule has 0 spiro atoms. The Morgan fingerprint density at radius 3 is 2.60 bits per heavy atom. The van der Waals surface area contributed by atoms with E-state index in [9.17, 15) is 0 Å². The molecule has 1 heterocycles. The Morgan fingerprint density at radius 2 is 2.00 bits per heavy atom. The van der Waals surface area contributed by atoms with E-state index in [2.05, 4.69) is 32.6 Å². The van der Waals surface area contributed by atoms with Crippen LogP contribution in [0.5, 0.6) is 0 Å². The first-order valence-electron chi connectivity index (χ1n) is 6.40. The summed E-state index contributed by atoms with van der Waals surface area (Å²) in [6, 6.07) is 0.276. The molecule has 0 saturated carbocycles. The predicted octanol–water partition coefficient (Wildman–Crippen LogP) is 2.48. The molecule has 90 valence electrons. The third-order valence-electron chi connectivity index (χ3n) is 3.97. The SMILES string of the molecule is CC1CCCN(CC(C)(C)C(C)N)CC1. The highest BCUT2D eigenvalue weighted by atomic mass is 15.1. The minimum atomic E-state index is 0.244. The number of nitrogens with two attached hydrogens (primary N) is 1. The monoisotopic (exact) mass is 212 g/mol. The van der Waals surface area contributed by atoms with E-state index in [0.717, 1.165) is 12.5 Å². The molecule has 1 aliphatic heterocycles. The molecule has 0 aromatic carbocycles. The predicted molar refractivity (Wildman–Crippen MR) is 66.9 cm³/mol. The first-order valence-corrected chi connectivity index (χ1v) is 6.40. The molecule has 1 rings (SSSR count). The summed E-state index contributed by atoms with van der Waals surface area (Å²) < 4.78 is 0. The highest BCUT2D eigenvalue weighted by Crippen LogP contribution is 2.23. The van der Waals surface area contributed by atoms with Crippen LogP contribution in [0, 0.1) is 11.3 Å². The van der Waals surface area contributed by atoms with Crippen LogP contribution in [0.4, 0.5) is 0 Å². The fraction of sp³-hybridized carbons (Fsp3) is 1.00. The number of rotatable bonds is 3. The summed E-state index contributed by atoms with van der Waals surface area (Å²) in [6.45, 7) is 12.7. The second-order valence-electron chi connectivity index (χ2n) is 6.09. The van der Waals surface area contributed by atoms with E-state index in [1.807, 2.05) is 0 Å². The summed E-state index contributed by atoms with van der Waals surface area (Å²) in [5, 5.41) is 0. The van der Waals surface area contributed by atoms with Crippen LogP contribution in [-0.2, 0) is 0 Å². The Hall–Kier alpha value is -0.0800. The van der Waals surface area contributed by atoms with Gasteiger partial charge in [0.15, 0.2) is 0 Å². The summed E-state index contributed by atoms with van der Waals surface area (Å²) in [5.74, 6) is 0.911. The van der Waals surface area contributed by atoms with E-state index in [0.29, 0.717) is 0 Å². The molecule has 2 unspecified atom stereocenters. The highest BCUT2D eigenvalue weighted by molar-refractivity contribution is 4.82. The maximum Gasteiger partial charge on any atom is 0.00739 e. The van der Waals surface area contributed by atoms with Crippen molar-refractivity contribution in [3.8, 4) is 0 Å². The number of nitrogens with zero attached hydrogens (tertiary/aromatic N) is 1. The van der Waals surface area contributed by atoms with Crippen molar-refractivity contribution in [2.24, 2.45) is 17.1 Å². The molecular weight excluding hydrogens is 184 g/mol. The smallest absolute Gasteiger partial charge is 0.00739 e. The lowest BCUT2D eigenvalue weighted by Crippen LogP contribution is -2.44. The van der Waals surface area contributed by atoms with Crippen LogP contribution in [0.2, 0.25) is 0 Å². The molecule has 0 aliphatic carbocycles. The fourth-order valence-electron chi connectivity index (χ4n) is 2.20. The van der Waals surface area contributed by atoms with Gasteiger partial charge >= 0.3 is 0 Å². The van der Waals surface area contributed by atoms with Crippen molar-refractivity contribution in [1.29, 1.82) is 0 Å². The largest absolute Gasteiger partial charge is 0.327 e. The van der Waals surface area contributed by atoms with E-state index >= 15 is 0 Å². The second-order valence-corrected chi connectivity index (χ2v) is 6.09. The summed E-state index contributed by atoms with van der Waals surface area (Å²) >= 11 is 0. The number of likely N-dealkylation sites (tertiary alicyclic amines) is 1. The fourth-order valence-corrected chi connectivity index (χ4v) is 2.20. The molecule has 2 atom stereocenters. The summed E-state index contributed by atoms with van der Waals surface area (Å²) in [6.07, 6.45) is 4.11. The molecule has 0 bridgehead atoms.